The molecule has 4 nitrogen and oxygen atoms in total. The van der Waals surface area contributed by atoms with Crippen LogP contribution in [0.1, 0.15) is 5.69 Å². The van der Waals surface area contributed by atoms with Crippen LogP contribution >= 0.6 is 0 Å². The molecule has 0 unspecified atom stereocenters. The maximum Gasteiger partial charge on any atom is 0.272 e. The Balaban J connectivity index is 1.90. The molecule has 0 saturated carbocycles. The summed E-state index contributed by atoms with van der Waals surface area (Å²) in [6, 6.07) is 3.30. The van der Waals surface area contributed by atoms with Crippen LogP contribution in [-0.4, -0.2) is 34.1 Å². The summed E-state index contributed by atoms with van der Waals surface area (Å²) in [5.41, 5.74) is 6.00. The first-order valence-corrected chi connectivity index (χ1v) is 4.23. The molecule has 0 aliphatic carbocycles. The molecule has 0 amide bonds. The number of halogens is 2. The van der Waals surface area contributed by atoms with Gasteiger partial charge < -0.3 is 5.73 Å². The van der Waals surface area contributed by atoms with Crippen molar-refractivity contribution in [3.8, 4) is 0 Å². The number of nitrogens with two attached hydrogens (primary N) is 1. The number of nitrogen functional groups attached to an aromatic ring is 1. The number of hydrogen-bond acceptors (Lipinski definition) is 4. The summed E-state index contributed by atoms with van der Waals surface area (Å²) in [6.45, 7) is 0.0149. The van der Waals surface area contributed by atoms with Crippen molar-refractivity contribution in [3.63, 3.8) is 0 Å². The molecule has 1 aromatic heterocycles. The number of hydrogen-bond donors (Lipinski definition) is 1. The molecule has 0 atom stereocenters. The Morgan fingerprint density at radius 2 is 2.07 bits per heavy atom. The molecule has 0 bridgehead atoms. The van der Waals surface area contributed by atoms with Crippen molar-refractivity contribution in [2.45, 2.75) is 12.5 Å². The summed E-state index contributed by atoms with van der Waals surface area (Å²) in [4.78, 5) is 1.61. The average Bonchev–Trinajstić information content (AvgIpc) is 2.06. The van der Waals surface area contributed by atoms with E-state index in [0.717, 1.165) is 0 Å². The fourth-order valence-corrected chi connectivity index (χ4v) is 1.40. The minimum absolute atomic E-state index is 0.195. The van der Waals surface area contributed by atoms with Gasteiger partial charge in [-0.25, -0.2) is 8.78 Å². The summed E-state index contributed by atoms with van der Waals surface area (Å²) in [7, 11) is 0. The van der Waals surface area contributed by atoms with E-state index in [9.17, 15) is 8.78 Å². The molecule has 0 spiro atoms. The Morgan fingerprint density at radius 1 is 1.36 bits per heavy atom. The van der Waals surface area contributed by atoms with Crippen molar-refractivity contribution in [3.05, 3.63) is 17.8 Å². The van der Waals surface area contributed by atoms with Crippen LogP contribution in [0, 0.1) is 0 Å². The van der Waals surface area contributed by atoms with E-state index in [1.165, 1.54) is 0 Å². The van der Waals surface area contributed by atoms with Crippen LogP contribution < -0.4 is 5.73 Å². The molecular weight excluding hydrogens is 190 g/mol. The van der Waals surface area contributed by atoms with E-state index < -0.39 is 5.92 Å². The summed E-state index contributed by atoms with van der Waals surface area (Å²) in [6.07, 6.45) is 0. The summed E-state index contributed by atoms with van der Waals surface area (Å²) in [5.74, 6) is -2.19. The van der Waals surface area contributed by atoms with E-state index in [1.807, 2.05) is 0 Å². The largest absolute Gasteiger partial charge is 0.382 e. The summed E-state index contributed by atoms with van der Waals surface area (Å²) >= 11 is 0. The third-order valence-corrected chi connectivity index (χ3v) is 2.04. The highest BCUT2D eigenvalue weighted by molar-refractivity contribution is 5.25. The van der Waals surface area contributed by atoms with Gasteiger partial charge in [-0.15, -0.1) is 5.10 Å². The predicted molar refractivity (Wildman–Crippen MR) is 46.7 cm³/mol. The summed E-state index contributed by atoms with van der Waals surface area (Å²) < 4.78 is 24.9. The second kappa shape index (κ2) is 3.13. The van der Waals surface area contributed by atoms with Crippen molar-refractivity contribution in [2.24, 2.45) is 0 Å². The Labute approximate surface area is 79.7 Å². The highest BCUT2D eigenvalue weighted by Crippen LogP contribution is 2.27. The minimum Gasteiger partial charge on any atom is -0.382 e. The molecule has 1 fully saturated rings. The molecule has 0 radical (unpaired) electrons. The van der Waals surface area contributed by atoms with Gasteiger partial charge in [0, 0.05) is 6.54 Å². The van der Waals surface area contributed by atoms with Crippen LogP contribution in [0.2, 0.25) is 0 Å². The smallest absolute Gasteiger partial charge is 0.272 e. The van der Waals surface area contributed by atoms with Crippen LogP contribution in [0.15, 0.2) is 12.1 Å². The van der Waals surface area contributed by atoms with Crippen LogP contribution in [0.5, 0.6) is 0 Å². The molecule has 1 aliphatic heterocycles. The Hall–Kier alpha value is -1.30. The molecule has 6 heteroatoms. The van der Waals surface area contributed by atoms with E-state index in [1.54, 1.807) is 17.0 Å². The van der Waals surface area contributed by atoms with E-state index in [-0.39, 0.29) is 13.1 Å². The van der Waals surface area contributed by atoms with Gasteiger partial charge in [-0.2, -0.15) is 5.10 Å². The van der Waals surface area contributed by atoms with Crippen molar-refractivity contribution < 1.29 is 8.78 Å². The third kappa shape index (κ3) is 1.95. The van der Waals surface area contributed by atoms with Gasteiger partial charge in [-0.3, -0.25) is 4.90 Å². The van der Waals surface area contributed by atoms with Crippen molar-refractivity contribution >= 4 is 5.82 Å². The number of alkyl halides is 2. The fraction of sp³-hybridized carbons (Fsp3) is 0.500. The SMILES string of the molecule is Nc1ccc(CN2CC(F)(F)C2)nn1. The monoisotopic (exact) mass is 200 g/mol. The van der Waals surface area contributed by atoms with Crippen LogP contribution in [0.3, 0.4) is 0 Å². The van der Waals surface area contributed by atoms with E-state index in [4.69, 9.17) is 5.73 Å². The molecule has 2 N–H and O–H groups in total. The molecule has 1 aliphatic rings. The first kappa shape index (κ1) is 9.26. The van der Waals surface area contributed by atoms with Gasteiger partial charge in [0.05, 0.1) is 18.8 Å². The Kier molecular flexibility index (Phi) is 2.07. The van der Waals surface area contributed by atoms with Gasteiger partial charge in [0.1, 0.15) is 5.82 Å². The zero-order valence-electron chi connectivity index (χ0n) is 7.45. The number of likely N-dealkylation sites (tertiary alicyclic amines) is 1. The molecule has 76 valence electrons. The maximum absolute atomic E-state index is 12.5. The highest BCUT2D eigenvalue weighted by Gasteiger charge is 2.43. The topological polar surface area (TPSA) is 55.0 Å². The molecule has 2 rings (SSSR count). The minimum atomic E-state index is -2.53. The molecule has 2 heterocycles. The summed E-state index contributed by atoms with van der Waals surface area (Å²) in [5, 5.41) is 7.43. The number of aromatic nitrogens is 2. The lowest BCUT2D eigenvalue weighted by Crippen LogP contribution is -2.55. The Morgan fingerprint density at radius 3 is 2.57 bits per heavy atom. The van der Waals surface area contributed by atoms with Crippen molar-refractivity contribution in [1.29, 1.82) is 0 Å². The lowest BCUT2D eigenvalue weighted by molar-refractivity contribution is -0.134. The standard InChI is InChI=1S/C8H10F2N4/c9-8(10)4-14(5-8)3-6-1-2-7(11)13-12-6/h1-2H,3-5H2,(H2,11,13). The van der Waals surface area contributed by atoms with Gasteiger partial charge in [0.25, 0.3) is 5.92 Å². The first-order chi connectivity index (χ1) is 6.55. The van der Waals surface area contributed by atoms with Gasteiger partial charge in [0.15, 0.2) is 0 Å². The zero-order chi connectivity index (χ0) is 10.2. The highest BCUT2D eigenvalue weighted by atomic mass is 19.3. The second-order valence-electron chi connectivity index (χ2n) is 3.45. The van der Waals surface area contributed by atoms with Crippen molar-refractivity contribution in [1.82, 2.24) is 15.1 Å². The number of rotatable bonds is 2. The van der Waals surface area contributed by atoms with Crippen LogP contribution in [-0.2, 0) is 6.54 Å². The molecule has 14 heavy (non-hydrogen) atoms. The van der Waals surface area contributed by atoms with E-state index in [0.29, 0.717) is 18.1 Å². The predicted octanol–water partition coefficient (Wildman–Crippen LogP) is 0.510. The van der Waals surface area contributed by atoms with Crippen LogP contribution in [0.4, 0.5) is 14.6 Å². The quantitative estimate of drug-likeness (QED) is 0.755. The Bertz CT molecular complexity index is 317. The van der Waals surface area contributed by atoms with E-state index in [2.05, 4.69) is 10.2 Å². The van der Waals surface area contributed by atoms with Crippen molar-refractivity contribution in [2.75, 3.05) is 18.8 Å². The van der Waals surface area contributed by atoms with Gasteiger partial charge in [-0.05, 0) is 12.1 Å². The van der Waals surface area contributed by atoms with Gasteiger partial charge in [-0.1, -0.05) is 0 Å². The van der Waals surface area contributed by atoms with Gasteiger partial charge in [0.2, 0.25) is 0 Å². The first-order valence-electron chi connectivity index (χ1n) is 4.23. The third-order valence-electron chi connectivity index (χ3n) is 2.04. The normalized spacial score (nSPS) is 20.4. The lowest BCUT2D eigenvalue weighted by Gasteiger charge is -2.38. The molecular formula is C8H10F2N4. The average molecular weight is 200 g/mol. The second-order valence-corrected chi connectivity index (χ2v) is 3.45. The zero-order valence-corrected chi connectivity index (χ0v) is 7.45. The molecule has 0 aromatic carbocycles. The van der Waals surface area contributed by atoms with Gasteiger partial charge >= 0.3 is 0 Å². The van der Waals surface area contributed by atoms with Crippen LogP contribution in [0.25, 0.3) is 0 Å². The van der Waals surface area contributed by atoms with E-state index >= 15 is 0 Å². The number of nitrogens with zero attached hydrogens (tertiary/aromatic N) is 3. The number of anilines is 1. The molecule has 1 saturated heterocycles. The molecule has 1 aromatic rings. The lowest BCUT2D eigenvalue weighted by atomic mass is 10.1. The fourth-order valence-electron chi connectivity index (χ4n) is 1.40. The maximum atomic E-state index is 12.5.